The Morgan fingerprint density at radius 1 is 1.50 bits per heavy atom. The van der Waals surface area contributed by atoms with Gasteiger partial charge < -0.3 is 16.2 Å². The molecule has 2 heterocycles. The molecule has 2 rings (SSSR count). The minimum absolute atomic E-state index is 0.00472. The standard InChI is InChI=1S/C12H18N4O2/c1-8(16-4-6-18-7-5-16)10-9(13)2-3-15-11(10)12(14)17/h2-3,8H,4-7H2,1H3,(H2,13,15)(H2,14,17). The van der Waals surface area contributed by atoms with E-state index in [1.807, 2.05) is 6.92 Å². The highest BCUT2D eigenvalue weighted by Gasteiger charge is 2.24. The molecule has 0 radical (unpaired) electrons. The van der Waals surface area contributed by atoms with E-state index in [-0.39, 0.29) is 11.7 Å². The number of ether oxygens (including phenoxy) is 1. The maximum absolute atomic E-state index is 11.4. The lowest BCUT2D eigenvalue weighted by Crippen LogP contribution is -2.39. The van der Waals surface area contributed by atoms with E-state index < -0.39 is 5.91 Å². The maximum Gasteiger partial charge on any atom is 0.267 e. The number of primary amides is 1. The monoisotopic (exact) mass is 250 g/mol. The molecular formula is C12H18N4O2. The zero-order chi connectivity index (χ0) is 13.1. The summed E-state index contributed by atoms with van der Waals surface area (Å²) in [6.45, 7) is 5.01. The van der Waals surface area contributed by atoms with Crippen LogP contribution in [0.25, 0.3) is 0 Å². The van der Waals surface area contributed by atoms with Gasteiger partial charge in [0.15, 0.2) is 0 Å². The lowest BCUT2D eigenvalue weighted by atomic mass is 10.0. The van der Waals surface area contributed by atoms with Gasteiger partial charge in [0, 0.05) is 36.6 Å². The molecule has 0 aromatic carbocycles. The number of nitrogens with zero attached hydrogens (tertiary/aromatic N) is 2. The molecule has 18 heavy (non-hydrogen) atoms. The van der Waals surface area contributed by atoms with Crippen molar-refractivity contribution in [3.63, 3.8) is 0 Å². The van der Waals surface area contributed by atoms with Crippen LogP contribution in [0.3, 0.4) is 0 Å². The van der Waals surface area contributed by atoms with Gasteiger partial charge in [-0.25, -0.2) is 0 Å². The van der Waals surface area contributed by atoms with Crippen LogP contribution < -0.4 is 11.5 Å². The molecule has 6 heteroatoms. The van der Waals surface area contributed by atoms with Crippen LogP contribution in [-0.4, -0.2) is 42.1 Å². The van der Waals surface area contributed by atoms with Gasteiger partial charge in [0.1, 0.15) is 5.69 Å². The number of amides is 1. The van der Waals surface area contributed by atoms with E-state index in [1.165, 1.54) is 6.20 Å². The van der Waals surface area contributed by atoms with Crippen molar-refractivity contribution in [2.75, 3.05) is 32.0 Å². The third-order valence-corrected chi connectivity index (χ3v) is 3.27. The summed E-state index contributed by atoms with van der Waals surface area (Å²) in [4.78, 5) is 17.7. The minimum atomic E-state index is -0.544. The third-order valence-electron chi connectivity index (χ3n) is 3.27. The Balaban J connectivity index is 2.33. The van der Waals surface area contributed by atoms with E-state index in [2.05, 4.69) is 9.88 Å². The Morgan fingerprint density at radius 3 is 2.78 bits per heavy atom. The quantitative estimate of drug-likeness (QED) is 0.796. The largest absolute Gasteiger partial charge is 0.398 e. The van der Waals surface area contributed by atoms with E-state index in [0.29, 0.717) is 24.5 Å². The van der Waals surface area contributed by atoms with Crippen molar-refractivity contribution in [3.8, 4) is 0 Å². The number of rotatable bonds is 3. The van der Waals surface area contributed by atoms with E-state index in [9.17, 15) is 4.79 Å². The molecule has 1 saturated heterocycles. The van der Waals surface area contributed by atoms with Crippen molar-refractivity contribution in [3.05, 3.63) is 23.5 Å². The number of carbonyl (C=O) groups is 1. The second kappa shape index (κ2) is 5.32. The van der Waals surface area contributed by atoms with E-state index in [1.54, 1.807) is 6.07 Å². The van der Waals surface area contributed by atoms with Crippen molar-refractivity contribution >= 4 is 11.6 Å². The molecule has 1 aliphatic heterocycles. The molecule has 1 aromatic rings. The molecule has 1 fully saturated rings. The van der Waals surface area contributed by atoms with Crippen LogP contribution in [0, 0.1) is 0 Å². The number of carbonyl (C=O) groups excluding carboxylic acids is 1. The fourth-order valence-electron chi connectivity index (χ4n) is 2.27. The molecule has 0 spiro atoms. The van der Waals surface area contributed by atoms with Gasteiger partial charge in [-0.05, 0) is 13.0 Å². The molecule has 1 unspecified atom stereocenters. The van der Waals surface area contributed by atoms with Gasteiger partial charge in [0.2, 0.25) is 0 Å². The predicted molar refractivity (Wildman–Crippen MR) is 68.0 cm³/mol. The van der Waals surface area contributed by atoms with Crippen molar-refractivity contribution in [1.29, 1.82) is 0 Å². The first-order valence-electron chi connectivity index (χ1n) is 5.97. The number of hydrogen-bond acceptors (Lipinski definition) is 5. The Morgan fingerprint density at radius 2 is 2.17 bits per heavy atom. The summed E-state index contributed by atoms with van der Waals surface area (Å²) in [6, 6.07) is 1.70. The fourth-order valence-corrected chi connectivity index (χ4v) is 2.27. The Labute approximate surface area is 106 Å². The predicted octanol–water partition coefficient (Wildman–Crippen LogP) is 0.156. The second-order valence-electron chi connectivity index (χ2n) is 4.35. The van der Waals surface area contributed by atoms with Gasteiger partial charge in [0.25, 0.3) is 5.91 Å². The fraction of sp³-hybridized carbons (Fsp3) is 0.500. The van der Waals surface area contributed by atoms with Crippen LogP contribution in [0.4, 0.5) is 5.69 Å². The van der Waals surface area contributed by atoms with Crippen molar-refractivity contribution in [2.24, 2.45) is 5.73 Å². The van der Waals surface area contributed by atoms with E-state index >= 15 is 0 Å². The highest BCUT2D eigenvalue weighted by atomic mass is 16.5. The lowest BCUT2D eigenvalue weighted by molar-refractivity contribution is 0.0198. The maximum atomic E-state index is 11.4. The first-order valence-corrected chi connectivity index (χ1v) is 5.97. The smallest absolute Gasteiger partial charge is 0.267 e. The molecule has 6 nitrogen and oxygen atoms in total. The summed E-state index contributed by atoms with van der Waals surface area (Å²) in [7, 11) is 0. The van der Waals surface area contributed by atoms with Gasteiger partial charge >= 0.3 is 0 Å². The molecule has 98 valence electrons. The molecule has 1 aliphatic rings. The van der Waals surface area contributed by atoms with Crippen LogP contribution in [0.1, 0.15) is 29.0 Å². The number of anilines is 1. The molecule has 0 saturated carbocycles. The summed E-state index contributed by atoms with van der Waals surface area (Å²) in [5, 5.41) is 0. The van der Waals surface area contributed by atoms with Gasteiger partial charge in [-0.2, -0.15) is 0 Å². The van der Waals surface area contributed by atoms with Crippen molar-refractivity contribution < 1.29 is 9.53 Å². The van der Waals surface area contributed by atoms with Crippen LogP contribution >= 0.6 is 0 Å². The van der Waals surface area contributed by atoms with Crippen LogP contribution in [0.5, 0.6) is 0 Å². The van der Waals surface area contributed by atoms with E-state index in [4.69, 9.17) is 16.2 Å². The van der Waals surface area contributed by atoms with E-state index in [0.717, 1.165) is 13.1 Å². The molecular weight excluding hydrogens is 232 g/mol. The summed E-state index contributed by atoms with van der Waals surface area (Å²) in [5.41, 5.74) is 12.8. The topological polar surface area (TPSA) is 94.5 Å². The number of nitrogen functional groups attached to an aromatic ring is 1. The lowest BCUT2D eigenvalue weighted by Gasteiger charge is -2.33. The molecule has 0 aliphatic carbocycles. The molecule has 1 amide bonds. The second-order valence-corrected chi connectivity index (χ2v) is 4.35. The first-order chi connectivity index (χ1) is 8.61. The zero-order valence-electron chi connectivity index (χ0n) is 10.4. The number of nitrogens with two attached hydrogens (primary N) is 2. The van der Waals surface area contributed by atoms with Crippen molar-refractivity contribution in [2.45, 2.75) is 13.0 Å². The Bertz CT molecular complexity index is 444. The van der Waals surface area contributed by atoms with Gasteiger partial charge in [0.05, 0.1) is 13.2 Å². The van der Waals surface area contributed by atoms with Gasteiger partial charge in [-0.15, -0.1) is 0 Å². The van der Waals surface area contributed by atoms with Crippen LogP contribution in [0.15, 0.2) is 12.3 Å². The molecule has 1 aromatic heterocycles. The first kappa shape index (κ1) is 12.8. The Kier molecular flexibility index (Phi) is 3.78. The molecule has 1 atom stereocenters. The van der Waals surface area contributed by atoms with Gasteiger partial charge in [-0.1, -0.05) is 0 Å². The SMILES string of the molecule is CC(c1c(N)ccnc1C(N)=O)N1CCOCC1. The molecule has 0 bridgehead atoms. The summed E-state index contributed by atoms with van der Waals surface area (Å²) < 4.78 is 5.31. The molecule has 4 N–H and O–H groups in total. The summed E-state index contributed by atoms with van der Waals surface area (Å²) in [6.07, 6.45) is 1.50. The highest BCUT2D eigenvalue weighted by molar-refractivity contribution is 5.93. The average molecular weight is 250 g/mol. The summed E-state index contributed by atoms with van der Waals surface area (Å²) in [5.74, 6) is -0.544. The third kappa shape index (κ3) is 2.44. The van der Waals surface area contributed by atoms with Crippen LogP contribution in [-0.2, 0) is 4.74 Å². The minimum Gasteiger partial charge on any atom is -0.398 e. The normalized spacial score (nSPS) is 18.5. The Hall–Kier alpha value is -1.66. The zero-order valence-corrected chi connectivity index (χ0v) is 10.4. The highest BCUT2D eigenvalue weighted by Crippen LogP contribution is 2.28. The van der Waals surface area contributed by atoms with Crippen molar-refractivity contribution in [1.82, 2.24) is 9.88 Å². The average Bonchev–Trinajstić information content (AvgIpc) is 2.38. The number of hydrogen-bond donors (Lipinski definition) is 2. The van der Waals surface area contributed by atoms with Gasteiger partial charge in [-0.3, -0.25) is 14.7 Å². The number of aromatic nitrogens is 1. The number of morpholine rings is 1. The number of pyridine rings is 1. The van der Waals surface area contributed by atoms with Crippen LogP contribution in [0.2, 0.25) is 0 Å². The summed E-state index contributed by atoms with van der Waals surface area (Å²) >= 11 is 0.